The van der Waals surface area contributed by atoms with Gasteiger partial charge in [0, 0.05) is 18.3 Å². The van der Waals surface area contributed by atoms with E-state index in [0.29, 0.717) is 13.0 Å². The maximum Gasteiger partial charge on any atom is 0.161 e. The van der Waals surface area contributed by atoms with E-state index in [2.05, 4.69) is 4.98 Å². The summed E-state index contributed by atoms with van der Waals surface area (Å²) in [5.41, 5.74) is 8.74. The molecule has 0 radical (unpaired) electrons. The first-order valence-corrected chi connectivity index (χ1v) is 5.00. The minimum Gasteiger partial charge on any atom is -0.371 e. The SMILES string of the molecule is Cl.NCCc1c[nH]c2c1CC(O)(Cl)C=C2. The minimum atomic E-state index is -1.24. The molecule has 0 aromatic carbocycles. The monoisotopic (exact) mass is 248 g/mol. The second-order valence-electron chi connectivity index (χ2n) is 3.57. The number of halogens is 2. The number of aromatic amines is 1. The van der Waals surface area contributed by atoms with Crippen LogP contribution in [0.15, 0.2) is 12.3 Å². The third-order valence-corrected chi connectivity index (χ3v) is 2.72. The Balaban J connectivity index is 0.00000112. The standard InChI is InChI=1S/C10H13ClN2O.ClH/c11-10(14)3-1-9-8(5-10)7(2-4-12)6-13-9;/h1,3,6,13-14H,2,4-5,12H2;1H. The van der Waals surface area contributed by atoms with Crippen LogP contribution < -0.4 is 5.73 Å². The van der Waals surface area contributed by atoms with Gasteiger partial charge >= 0.3 is 0 Å². The lowest BCUT2D eigenvalue weighted by Gasteiger charge is -2.21. The first-order chi connectivity index (χ1) is 6.62. The lowest BCUT2D eigenvalue weighted by molar-refractivity contribution is 0.179. The summed E-state index contributed by atoms with van der Waals surface area (Å²) in [7, 11) is 0. The fourth-order valence-corrected chi connectivity index (χ4v) is 1.96. The Hall–Kier alpha value is -0.480. The van der Waals surface area contributed by atoms with Crippen molar-refractivity contribution in [1.82, 2.24) is 4.98 Å². The van der Waals surface area contributed by atoms with Crippen LogP contribution in [0.3, 0.4) is 0 Å². The van der Waals surface area contributed by atoms with E-state index in [4.69, 9.17) is 17.3 Å². The molecule has 1 atom stereocenters. The maximum absolute atomic E-state index is 9.67. The fraction of sp³-hybridized carbons (Fsp3) is 0.400. The topological polar surface area (TPSA) is 62.0 Å². The van der Waals surface area contributed by atoms with Gasteiger partial charge in [0.2, 0.25) is 0 Å². The number of nitrogens with two attached hydrogens (primary N) is 1. The van der Waals surface area contributed by atoms with E-state index < -0.39 is 5.06 Å². The van der Waals surface area contributed by atoms with E-state index in [9.17, 15) is 5.11 Å². The zero-order valence-corrected chi connectivity index (χ0v) is 9.74. The molecule has 1 aliphatic rings. The van der Waals surface area contributed by atoms with Gasteiger partial charge in [-0.2, -0.15) is 0 Å². The number of aliphatic hydroxyl groups is 1. The number of rotatable bonds is 2. The van der Waals surface area contributed by atoms with Gasteiger partial charge in [0.05, 0.1) is 0 Å². The van der Waals surface area contributed by atoms with Crippen molar-refractivity contribution in [2.45, 2.75) is 17.9 Å². The molecule has 2 rings (SSSR count). The van der Waals surface area contributed by atoms with Crippen LogP contribution in [-0.2, 0) is 12.8 Å². The van der Waals surface area contributed by atoms with Crippen molar-refractivity contribution >= 4 is 30.1 Å². The molecule has 0 saturated heterocycles. The zero-order chi connectivity index (χ0) is 10.2. The number of aromatic nitrogens is 1. The average Bonchev–Trinajstić information content (AvgIpc) is 2.47. The molecule has 84 valence electrons. The van der Waals surface area contributed by atoms with E-state index in [1.165, 1.54) is 0 Å². The molecule has 0 saturated carbocycles. The minimum absolute atomic E-state index is 0. The van der Waals surface area contributed by atoms with Crippen LogP contribution in [0.2, 0.25) is 0 Å². The van der Waals surface area contributed by atoms with Gasteiger partial charge in [0.25, 0.3) is 0 Å². The van der Waals surface area contributed by atoms with Gasteiger partial charge in [-0.3, -0.25) is 0 Å². The molecule has 1 heterocycles. The summed E-state index contributed by atoms with van der Waals surface area (Å²) >= 11 is 5.85. The quantitative estimate of drug-likeness (QED) is 0.694. The van der Waals surface area contributed by atoms with Crippen LogP contribution in [0.4, 0.5) is 0 Å². The lowest BCUT2D eigenvalue weighted by Crippen LogP contribution is -2.24. The van der Waals surface area contributed by atoms with Crippen molar-refractivity contribution in [3.05, 3.63) is 29.1 Å². The predicted octanol–water partition coefficient (Wildman–Crippen LogP) is 1.43. The highest BCUT2D eigenvalue weighted by atomic mass is 35.5. The smallest absolute Gasteiger partial charge is 0.161 e. The van der Waals surface area contributed by atoms with E-state index in [1.54, 1.807) is 6.08 Å². The van der Waals surface area contributed by atoms with E-state index in [1.807, 2.05) is 12.3 Å². The number of hydrogen-bond donors (Lipinski definition) is 3. The number of nitrogens with one attached hydrogen (secondary N) is 1. The van der Waals surface area contributed by atoms with Crippen molar-refractivity contribution in [2.75, 3.05) is 6.54 Å². The van der Waals surface area contributed by atoms with Gasteiger partial charge in [-0.05, 0) is 36.2 Å². The molecule has 1 unspecified atom stereocenters. The highest BCUT2D eigenvalue weighted by molar-refractivity contribution is 6.24. The molecule has 15 heavy (non-hydrogen) atoms. The number of hydrogen-bond acceptors (Lipinski definition) is 2. The molecular formula is C10H14Cl2N2O. The summed E-state index contributed by atoms with van der Waals surface area (Å²) in [5, 5.41) is 8.43. The summed E-state index contributed by atoms with van der Waals surface area (Å²) in [5.74, 6) is 0. The summed E-state index contributed by atoms with van der Waals surface area (Å²) in [6, 6.07) is 0. The third-order valence-electron chi connectivity index (χ3n) is 2.46. The van der Waals surface area contributed by atoms with E-state index in [0.717, 1.165) is 23.2 Å². The molecule has 0 bridgehead atoms. The number of fused-ring (bicyclic) bond motifs is 1. The van der Waals surface area contributed by atoms with Gasteiger partial charge in [-0.15, -0.1) is 12.4 Å². The number of H-pyrrole nitrogens is 1. The molecule has 1 aliphatic carbocycles. The van der Waals surface area contributed by atoms with Crippen molar-refractivity contribution in [3.63, 3.8) is 0 Å². The van der Waals surface area contributed by atoms with Gasteiger partial charge in [0.1, 0.15) is 0 Å². The Labute approximate surface area is 99.7 Å². The van der Waals surface area contributed by atoms with Crippen LogP contribution in [0.5, 0.6) is 0 Å². The number of alkyl halides is 1. The normalized spacial score (nSPS) is 23.4. The molecule has 5 heteroatoms. The molecule has 1 aromatic heterocycles. The molecule has 0 aliphatic heterocycles. The van der Waals surface area contributed by atoms with Gasteiger partial charge in [-0.1, -0.05) is 11.6 Å². The third kappa shape index (κ3) is 2.55. The van der Waals surface area contributed by atoms with Crippen LogP contribution in [-0.4, -0.2) is 21.7 Å². The van der Waals surface area contributed by atoms with Gasteiger partial charge in [-0.25, -0.2) is 0 Å². The lowest BCUT2D eigenvalue weighted by atomic mass is 9.96. The van der Waals surface area contributed by atoms with Crippen molar-refractivity contribution < 1.29 is 5.11 Å². The zero-order valence-electron chi connectivity index (χ0n) is 8.16. The van der Waals surface area contributed by atoms with Crippen LogP contribution in [0.1, 0.15) is 16.8 Å². The Kier molecular flexibility index (Phi) is 3.84. The van der Waals surface area contributed by atoms with Crippen molar-refractivity contribution in [3.8, 4) is 0 Å². The highest BCUT2D eigenvalue weighted by Gasteiger charge is 2.27. The second kappa shape index (κ2) is 4.58. The average molecular weight is 249 g/mol. The molecular weight excluding hydrogens is 235 g/mol. The Morgan fingerprint density at radius 2 is 2.33 bits per heavy atom. The van der Waals surface area contributed by atoms with Crippen LogP contribution >= 0.6 is 24.0 Å². The Bertz CT molecular complexity index is 371. The highest BCUT2D eigenvalue weighted by Crippen LogP contribution is 2.30. The molecule has 0 spiro atoms. The summed E-state index contributed by atoms with van der Waals surface area (Å²) in [6.45, 7) is 0.606. The van der Waals surface area contributed by atoms with Crippen molar-refractivity contribution in [2.24, 2.45) is 5.73 Å². The van der Waals surface area contributed by atoms with E-state index >= 15 is 0 Å². The van der Waals surface area contributed by atoms with Crippen LogP contribution in [0, 0.1) is 0 Å². The molecule has 4 N–H and O–H groups in total. The summed E-state index contributed by atoms with van der Waals surface area (Å²) < 4.78 is 0. The maximum atomic E-state index is 9.67. The van der Waals surface area contributed by atoms with Gasteiger partial charge < -0.3 is 15.8 Å². The Morgan fingerprint density at radius 1 is 1.60 bits per heavy atom. The summed E-state index contributed by atoms with van der Waals surface area (Å²) in [6.07, 6.45) is 6.59. The fourth-order valence-electron chi connectivity index (χ4n) is 1.77. The molecule has 3 nitrogen and oxygen atoms in total. The summed E-state index contributed by atoms with van der Waals surface area (Å²) in [4.78, 5) is 3.14. The molecule has 0 amide bonds. The van der Waals surface area contributed by atoms with Gasteiger partial charge in [0.15, 0.2) is 5.06 Å². The largest absolute Gasteiger partial charge is 0.371 e. The molecule has 1 aromatic rings. The molecule has 0 fully saturated rings. The van der Waals surface area contributed by atoms with Crippen LogP contribution in [0.25, 0.3) is 6.08 Å². The predicted molar refractivity (Wildman–Crippen MR) is 64.3 cm³/mol. The Morgan fingerprint density at radius 3 is 3.00 bits per heavy atom. The van der Waals surface area contributed by atoms with E-state index in [-0.39, 0.29) is 12.4 Å². The first kappa shape index (κ1) is 12.6. The first-order valence-electron chi connectivity index (χ1n) is 4.62. The second-order valence-corrected chi connectivity index (χ2v) is 4.23. The van der Waals surface area contributed by atoms with Crippen molar-refractivity contribution in [1.29, 1.82) is 0 Å².